The average Bonchev–Trinajstić information content (AvgIpc) is 3.42. The van der Waals surface area contributed by atoms with Crippen molar-refractivity contribution in [2.75, 3.05) is 0 Å². The second-order valence-corrected chi connectivity index (χ2v) is 8.94. The third kappa shape index (κ3) is 3.37. The summed E-state index contributed by atoms with van der Waals surface area (Å²) in [6.45, 7) is 6.42. The minimum atomic E-state index is -0.243. The van der Waals surface area contributed by atoms with Gasteiger partial charge in [0.25, 0.3) is 5.56 Å². The van der Waals surface area contributed by atoms with E-state index in [0.717, 1.165) is 33.1 Å². The molecule has 3 aromatic heterocycles. The Morgan fingerprint density at radius 1 is 0.943 bits per heavy atom. The van der Waals surface area contributed by atoms with E-state index < -0.39 is 0 Å². The first-order chi connectivity index (χ1) is 17.0. The van der Waals surface area contributed by atoms with Gasteiger partial charge in [-0.25, -0.2) is 4.98 Å². The molecule has 172 valence electrons. The Balaban J connectivity index is 1.60. The van der Waals surface area contributed by atoms with Gasteiger partial charge in [-0.3, -0.25) is 4.79 Å². The number of fused-ring (bicyclic) bond motifs is 3. The predicted octanol–water partition coefficient (Wildman–Crippen LogP) is 6.54. The number of hydrogen-bond donors (Lipinski definition) is 0. The van der Waals surface area contributed by atoms with Gasteiger partial charge in [0.15, 0.2) is 5.76 Å². The number of nitrogens with zero attached hydrogens (tertiary/aromatic N) is 4. The molecule has 0 saturated carbocycles. The molecule has 0 aliphatic carbocycles. The first kappa shape index (κ1) is 21.1. The largest absolute Gasteiger partial charge is 0.453 e. The number of hydrogen-bond acceptors (Lipinski definition) is 4. The van der Waals surface area contributed by atoms with Crippen LogP contribution in [0.1, 0.15) is 31.1 Å². The molecule has 0 bridgehead atoms. The van der Waals surface area contributed by atoms with Crippen LogP contribution >= 0.6 is 0 Å². The monoisotopic (exact) mass is 460 g/mol. The molecule has 0 aliphatic heterocycles. The van der Waals surface area contributed by atoms with Crippen molar-refractivity contribution in [3.05, 3.63) is 100 Å². The van der Waals surface area contributed by atoms with Gasteiger partial charge in [-0.1, -0.05) is 48.5 Å². The molecule has 0 fully saturated rings. The van der Waals surface area contributed by atoms with Crippen LogP contribution in [0.5, 0.6) is 0 Å². The Morgan fingerprint density at radius 3 is 2.46 bits per heavy atom. The maximum atomic E-state index is 13.6. The summed E-state index contributed by atoms with van der Waals surface area (Å²) < 4.78 is 9.72. The summed E-state index contributed by atoms with van der Waals surface area (Å²) >= 11 is 0. The number of benzene rings is 3. The maximum absolute atomic E-state index is 13.6. The van der Waals surface area contributed by atoms with E-state index in [1.807, 2.05) is 60.7 Å². The van der Waals surface area contributed by atoms with E-state index in [-0.39, 0.29) is 5.56 Å². The van der Waals surface area contributed by atoms with E-state index in [1.165, 1.54) is 4.68 Å². The number of para-hydroxylation sites is 3. The first-order valence-corrected chi connectivity index (χ1v) is 11.7. The summed E-state index contributed by atoms with van der Waals surface area (Å²) in [5.74, 6) is 0.860. The van der Waals surface area contributed by atoms with E-state index in [4.69, 9.17) is 14.5 Å². The van der Waals surface area contributed by atoms with Gasteiger partial charge in [0, 0.05) is 33.6 Å². The normalized spacial score (nSPS) is 12.1. The van der Waals surface area contributed by atoms with Crippen LogP contribution in [0.2, 0.25) is 0 Å². The van der Waals surface area contributed by atoms with Crippen LogP contribution in [0.3, 0.4) is 0 Å². The van der Waals surface area contributed by atoms with Crippen molar-refractivity contribution in [2.24, 2.45) is 5.10 Å². The Hall–Kier alpha value is -4.45. The van der Waals surface area contributed by atoms with Crippen LogP contribution in [0, 0.1) is 6.92 Å². The van der Waals surface area contributed by atoms with Crippen molar-refractivity contribution in [2.45, 2.75) is 26.8 Å². The molecule has 0 amide bonds. The van der Waals surface area contributed by atoms with Crippen molar-refractivity contribution in [1.82, 2.24) is 14.2 Å². The fourth-order valence-corrected chi connectivity index (χ4v) is 4.84. The van der Waals surface area contributed by atoms with E-state index >= 15 is 0 Å². The van der Waals surface area contributed by atoms with Gasteiger partial charge in [0.05, 0.1) is 17.1 Å². The maximum Gasteiger partial charge on any atom is 0.282 e. The van der Waals surface area contributed by atoms with Crippen molar-refractivity contribution >= 4 is 39.0 Å². The van der Waals surface area contributed by atoms with Gasteiger partial charge < -0.3 is 8.98 Å². The highest BCUT2D eigenvalue weighted by Gasteiger charge is 2.18. The Labute approximate surface area is 201 Å². The molecular weight excluding hydrogens is 436 g/mol. The summed E-state index contributed by atoms with van der Waals surface area (Å²) in [4.78, 5) is 18.4. The minimum absolute atomic E-state index is 0.243. The Kier molecular flexibility index (Phi) is 4.88. The van der Waals surface area contributed by atoms with Gasteiger partial charge >= 0.3 is 0 Å². The van der Waals surface area contributed by atoms with Crippen LogP contribution in [-0.4, -0.2) is 20.4 Å². The van der Waals surface area contributed by atoms with Gasteiger partial charge in [-0.15, -0.1) is 0 Å². The second-order valence-electron chi connectivity index (χ2n) is 8.94. The highest BCUT2D eigenvalue weighted by Crippen LogP contribution is 2.29. The first-order valence-electron chi connectivity index (χ1n) is 11.7. The molecule has 0 spiro atoms. The van der Waals surface area contributed by atoms with E-state index in [2.05, 4.69) is 37.5 Å². The Morgan fingerprint density at radius 2 is 1.66 bits per heavy atom. The van der Waals surface area contributed by atoms with Crippen LogP contribution in [0.15, 0.2) is 93.2 Å². The van der Waals surface area contributed by atoms with Gasteiger partial charge in [-0.2, -0.15) is 9.78 Å². The van der Waals surface area contributed by atoms with E-state index in [9.17, 15) is 4.79 Å². The molecule has 3 aromatic carbocycles. The van der Waals surface area contributed by atoms with E-state index in [0.29, 0.717) is 28.5 Å². The number of aromatic nitrogens is 3. The minimum Gasteiger partial charge on any atom is -0.453 e. The lowest BCUT2D eigenvalue weighted by atomic mass is 10.1. The molecule has 0 radical (unpaired) electrons. The van der Waals surface area contributed by atoms with Crippen LogP contribution in [-0.2, 0) is 0 Å². The molecule has 0 unspecified atom stereocenters. The third-order valence-corrected chi connectivity index (χ3v) is 6.42. The SMILES string of the molecule is Cc1c(C=Nn2c(-c3cc4ccccc4o3)nc3ccccc3c2=O)c2ccccc2n1C(C)C. The predicted molar refractivity (Wildman–Crippen MR) is 141 cm³/mol. The summed E-state index contributed by atoms with van der Waals surface area (Å²) in [6.07, 6.45) is 1.76. The van der Waals surface area contributed by atoms with Crippen molar-refractivity contribution in [3.63, 3.8) is 0 Å². The van der Waals surface area contributed by atoms with Gasteiger partial charge in [0.2, 0.25) is 5.82 Å². The summed E-state index contributed by atoms with van der Waals surface area (Å²) in [5, 5.41) is 7.24. The molecule has 3 heterocycles. The Bertz CT molecular complexity index is 1790. The topological polar surface area (TPSA) is 65.3 Å². The second kappa shape index (κ2) is 8.09. The smallest absolute Gasteiger partial charge is 0.282 e. The molecule has 0 atom stereocenters. The molecular formula is C29H24N4O2. The molecule has 35 heavy (non-hydrogen) atoms. The van der Waals surface area contributed by atoms with E-state index in [1.54, 1.807) is 12.3 Å². The van der Waals surface area contributed by atoms with Crippen LogP contribution in [0.4, 0.5) is 0 Å². The van der Waals surface area contributed by atoms with Crippen molar-refractivity contribution in [3.8, 4) is 11.6 Å². The van der Waals surface area contributed by atoms with Gasteiger partial charge in [0.1, 0.15) is 5.58 Å². The molecule has 0 saturated heterocycles. The lowest BCUT2D eigenvalue weighted by Gasteiger charge is -2.12. The summed E-state index contributed by atoms with van der Waals surface area (Å²) in [5.41, 5.74) is 4.31. The molecule has 6 nitrogen and oxygen atoms in total. The molecule has 6 aromatic rings. The van der Waals surface area contributed by atoms with Crippen molar-refractivity contribution in [1.29, 1.82) is 0 Å². The number of furan rings is 1. The lowest BCUT2D eigenvalue weighted by molar-refractivity contribution is 0.607. The zero-order valence-electron chi connectivity index (χ0n) is 19.8. The van der Waals surface area contributed by atoms with Crippen LogP contribution in [0.25, 0.3) is 44.4 Å². The quantitative estimate of drug-likeness (QED) is 0.281. The number of rotatable bonds is 4. The molecule has 6 rings (SSSR count). The average molecular weight is 461 g/mol. The van der Waals surface area contributed by atoms with Gasteiger partial charge in [-0.05, 0) is 51.1 Å². The fourth-order valence-electron chi connectivity index (χ4n) is 4.84. The standard InChI is InChI=1S/C29H24N4O2/c1-18(2)32-19(3)23(21-11-6-8-14-25(21)32)17-30-33-28(27-16-20-10-4-9-15-26(20)35-27)31-24-13-7-5-12-22(24)29(33)34/h4-18H,1-3H3. The fraction of sp³-hybridized carbons (Fsp3) is 0.138. The highest BCUT2D eigenvalue weighted by atomic mass is 16.3. The summed E-state index contributed by atoms with van der Waals surface area (Å²) in [7, 11) is 0. The zero-order chi connectivity index (χ0) is 24.1. The van der Waals surface area contributed by atoms with Crippen molar-refractivity contribution < 1.29 is 4.42 Å². The third-order valence-electron chi connectivity index (χ3n) is 6.42. The zero-order valence-corrected chi connectivity index (χ0v) is 19.8. The molecule has 6 heteroatoms. The molecule has 0 aliphatic rings. The highest BCUT2D eigenvalue weighted by molar-refractivity contribution is 6.01. The van der Waals surface area contributed by atoms with Crippen LogP contribution < -0.4 is 5.56 Å². The summed E-state index contributed by atoms with van der Waals surface area (Å²) in [6, 6.07) is 25.5. The lowest BCUT2D eigenvalue weighted by Crippen LogP contribution is -2.20. The molecule has 0 N–H and O–H groups in total.